The van der Waals surface area contributed by atoms with Crippen LogP contribution in [-0.4, -0.2) is 45.7 Å². The number of pyridine rings is 2. The van der Waals surface area contributed by atoms with Gasteiger partial charge in [0, 0.05) is 13.1 Å². The van der Waals surface area contributed by atoms with E-state index in [-0.39, 0.29) is 18.1 Å². The number of rotatable bonds is 5. The van der Waals surface area contributed by atoms with Crippen LogP contribution in [0.3, 0.4) is 0 Å². The average Bonchev–Trinajstić information content (AvgIpc) is 2.74. The minimum absolute atomic E-state index is 0.134. The first-order valence-electron chi connectivity index (χ1n) is 9.18. The number of hydrogen-bond acceptors (Lipinski definition) is 5. The molecule has 0 aromatic carbocycles. The summed E-state index contributed by atoms with van der Waals surface area (Å²) in [6.07, 6.45) is 2.61. The van der Waals surface area contributed by atoms with Gasteiger partial charge in [-0.25, -0.2) is 14.4 Å². The van der Waals surface area contributed by atoms with Crippen molar-refractivity contribution < 1.29 is 18.8 Å². The van der Waals surface area contributed by atoms with Crippen LogP contribution in [0.4, 0.5) is 15.9 Å². The van der Waals surface area contributed by atoms with E-state index in [0.29, 0.717) is 35.5 Å². The number of aromatic nitrogens is 2. The zero-order chi connectivity index (χ0) is 21.7. The Bertz CT molecular complexity index is 983. The summed E-state index contributed by atoms with van der Waals surface area (Å²) in [4.78, 5) is 45.9. The summed E-state index contributed by atoms with van der Waals surface area (Å²) in [5.41, 5.74) is 0.674. The molecule has 8 nitrogen and oxygen atoms in total. The Hall–Kier alpha value is -3.14. The Morgan fingerprint density at radius 2 is 2.00 bits per heavy atom. The van der Waals surface area contributed by atoms with Crippen molar-refractivity contribution in [2.45, 2.75) is 12.8 Å². The molecule has 0 saturated carbocycles. The topological polar surface area (TPSA) is 104 Å². The van der Waals surface area contributed by atoms with Crippen LogP contribution in [0.25, 0.3) is 0 Å². The van der Waals surface area contributed by atoms with E-state index in [2.05, 4.69) is 43.1 Å². The standard InChI is InChI=1S/C20H19BrFN5O3/c1-12(22)20(30)27-9-3-4-13(11-27)18(28)24-14-7-8-17(23-10-14)26-19(29)15-5-2-6-16(21)25-15/h2,5-8,10,13H,1,3-4,9,11H2,(H,24,28)(H,23,26,29)/t13-/m0/s1. The second-order valence-electron chi connectivity index (χ2n) is 6.72. The van der Waals surface area contributed by atoms with Crippen LogP contribution in [-0.2, 0) is 9.59 Å². The lowest BCUT2D eigenvalue weighted by Gasteiger charge is -2.31. The highest BCUT2D eigenvalue weighted by Crippen LogP contribution is 2.20. The van der Waals surface area contributed by atoms with Crippen molar-refractivity contribution in [1.82, 2.24) is 14.9 Å². The first kappa shape index (κ1) is 21.6. The molecule has 0 radical (unpaired) electrons. The minimum Gasteiger partial charge on any atom is -0.336 e. The maximum absolute atomic E-state index is 13.1. The Morgan fingerprint density at radius 1 is 1.20 bits per heavy atom. The van der Waals surface area contributed by atoms with E-state index in [1.165, 1.54) is 11.1 Å². The SMILES string of the molecule is C=C(F)C(=O)N1CCC[C@H](C(=O)Nc2ccc(NC(=O)c3cccc(Br)n3)nc2)C1. The lowest BCUT2D eigenvalue weighted by Crippen LogP contribution is -2.43. The first-order chi connectivity index (χ1) is 14.3. The molecule has 0 aliphatic carbocycles. The van der Waals surface area contributed by atoms with Gasteiger partial charge in [0.2, 0.25) is 5.91 Å². The van der Waals surface area contributed by atoms with E-state index in [1.54, 1.807) is 30.3 Å². The fourth-order valence-electron chi connectivity index (χ4n) is 3.05. The molecule has 1 aliphatic heterocycles. The zero-order valence-corrected chi connectivity index (χ0v) is 17.5. The number of nitrogens with zero attached hydrogens (tertiary/aromatic N) is 3. The molecule has 1 atom stereocenters. The number of carbonyl (C=O) groups excluding carboxylic acids is 3. The van der Waals surface area contributed by atoms with Gasteiger partial charge in [-0.1, -0.05) is 12.6 Å². The molecule has 30 heavy (non-hydrogen) atoms. The van der Waals surface area contributed by atoms with Gasteiger partial charge in [-0.05, 0) is 53.0 Å². The summed E-state index contributed by atoms with van der Waals surface area (Å²) >= 11 is 3.21. The summed E-state index contributed by atoms with van der Waals surface area (Å²) in [5.74, 6) is -2.67. The fraction of sp³-hybridized carbons (Fsp3) is 0.250. The van der Waals surface area contributed by atoms with E-state index >= 15 is 0 Å². The molecule has 10 heteroatoms. The fourth-order valence-corrected chi connectivity index (χ4v) is 3.39. The van der Waals surface area contributed by atoms with Gasteiger partial charge in [0.15, 0.2) is 5.83 Å². The quantitative estimate of drug-likeness (QED) is 0.510. The number of halogens is 2. The van der Waals surface area contributed by atoms with Gasteiger partial charge in [-0.3, -0.25) is 14.4 Å². The smallest absolute Gasteiger partial charge is 0.281 e. The summed E-state index contributed by atoms with van der Waals surface area (Å²) in [6.45, 7) is 3.55. The predicted octanol–water partition coefficient (Wildman–Crippen LogP) is 3.15. The molecular formula is C20H19BrFN5O3. The summed E-state index contributed by atoms with van der Waals surface area (Å²) in [7, 11) is 0. The molecule has 2 aromatic rings. The van der Waals surface area contributed by atoms with Crippen LogP contribution in [0.1, 0.15) is 23.3 Å². The summed E-state index contributed by atoms with van der Waals surface area (Å²) in [6, 6.07) is 8.13. The highest BCUT2D eigenvalue weighted by molar-refractivity contribution is 9.10. The number of carbonyl (C=O) groups is 3. The maximum Gasteiger partial charge on any atom is 0.281 e. The van der Waals surface area contributed by atoms with Crippen molar-refractivity contribution in [3.8, 4) is 0 Å². The van der Waals surface area contributed by atoms with Crippen LogP contribution in [0.15, 0.2) is 53.5 Å². The Balaban J connectivity index is 1.57. The van der Waals surface area contributed by atoms with E-state index in [1.807, 2.05) is 0 Å². The number of anilines is 2. The molecule has 0 bridgehead atoms. The van der Waals surface area contributed by atoms with Crippen molar-refractivity contribution in [2.24, 2.45) is 5.92 Å². The average molecular weight is 476 g/mol. The zero-order valence-electron chi connectivity index (χ0n) is 15.9. The normalized spacial score (nSPS) is 15.9. The third kappa shape index (κ3) is 5.47. The van der Waals surface area contributed by atoms with Gasteiger partial charge < -0.3 is 15.5 Å². The summed E-state index contributed by atoms with van der Waals surface area (Å²) in [5, 5.41) is 5.36. The van der Waals surface area contributed by atoms with Crippen LogP contribution in [0.2, 0.25) is 0 Å². The molecule has 1 fully saturated rings. The molecule has 0 spiro atoms. The largest absolute Gasteiger partial charge is 0.336 e. The van der Waals surface area contributed by atoms with Crippen LogP contribution in [0.5, 0.6) is 0 Å². The number of amides is 3. The third-order valence-corrected chi connectivity index (χ3v) is 4.97. The lowest BCUT2D eigenvalue weighted by molar-refractivity contribution is -0.132. The van der Waals surface area contributed by atoms with Crippen LogP contribution in [0, 0.1) is 5.92 Å². The summed E-state index contributed by atoms with van der Waals surface area (Å²) < 4.78 is 13.6. The number of piperidine rings is 1. The monoisotopic (exact) mass is 475 g/mol. The first-order valence-corrected chi connectivity index (χ1v) is 9.97. The maximum atomic E-state index is 13.1. The van der Waals surface area contributed by atoms with Crippen molar-refractivity contribution in [2.75, 3.05) is 23.7 Å². The van der Waals surface area contributed by atoms with E-state index < -0.39 is 23.6 Å². The molecule has 3 heterocycles. The minimum atomic E-state index is -1.03. The van der Waals surface area contributed by atoms with Crippen molar-refractivity contribution in [3.63, 3.8) is 0 Å². The molecule has 3 amide bonds. The van der Waals surface area contributed by atoms with Crippen molar-refractivity contribution >= 4 is 45.2 Å². The van der Waals surface area contributed by atoms with Crippen molar-refractivity contribution in [1.29, 1.82) is 0 Å². The highest BCUT2D eigenvalue weighted by Gasteiger charge is 2.29. The van der Waals surface area contributed by atoms with Crippen LogP contribution >= 0.6 is 15.9 Å². The van der Waals surface area contributed by atoms with E-state index in [9.17, 15) is 18.8 Å². The Morgan fingerprint density at radius 3 is 2.67 bits per heavy atom. The molecule has 3 rings (SSSR count). The van der Waals surface area contributed by atoms with Crippen molar-refractivity contribution in [3.05, 3.63) is 59.2 Å². The molecule has 0 unspecified atom stereocenters. The van der Waals surface area contributed by atoms with Gasteiger partial charge in [-0.2, -0.15) is 0 Å². The van der Waals surface area contributed by atoms with Gasteiger partial charge in [0.1, 0.15) is 16.1 Å². The van der Waals surface area contributed by atoms with Crippen LogP contribution < -0.4 is 10.6 Å². The van der Waals surface area contributed by atoms with Gasteiger partial charge >= 0.3 is 0 Å². The Kier molecular flexibility index (Phi) is 6.88. The number of nitrogens with one attached hydrogen (secondary N) is 2. The second-order valence-corrected chi connectivity index (χ2v) is 7.53. The second kappa shape index (κ2) is 9.57. The molecule has 2 aromatic heterocycles. The number of hydrogen-bond donors (Lipinski definition) is 2. The molecule has 2 N–H and O–H groups in total. The van der Waals surface area contributed by atoms with Gasteiger partial charge in [-0.15, -0.1) is 0 Å². The predicted molar refractivity (Wildman–Crippen MR) is 112 cm³/mol. The number of likely N-dealkylation sites (tertiary alicyclic amines) is 1. The highest BCUT2D eigenvalue weighted by atomic mass is 79.9. The molecule has 1 saturated heterocycles. The van der Waals surface area contributed by atoms with Gasteiger partial charge in [0.05, 0.1) is 17.8 Å². The third-order valence-electron chi connectivity index (χ3n) is 4.53. The Labute approximate surface area is 180 Å². The molecule has 1 aliphatic rings. The molecular weight excluding hydrogens is 457 g/mol. The lowest BCUT2D eigenvalue weighted by atomic mass is 9.97. The van der Waals surface area contributed by atoms with E-state index in [0.717, 1.165) is 0 Å². The molecule has 156 valence electrons. The van der Waals surface area contributed by atoms with E-state index in [4.69, 9.17) is 0 Å². The van der Waals surface area contributed by atoms with Gasteiger partial charge in [0.25, 0.3) is 11.8 Å².